The van der Waals surface area contributed by atoms with Crippen molar-refractivity contribution in [3.05, 3.63) is 0 Å². The van der Waals surface area contributed by atoms with Crippen LogP contribution in [0.15, 0.2) is 0 Å². The summed E-state index contributed by atoms with van der Waals surface area (Å²) in [5.41, 5.74) is -0.946. The lowest BCUT2D eigenvalue weighted by molar-refractivity contribution is -0.129. The van der Waals surface area contributed by atoms with E-state index in [0.717, 1.165) is 12.8 Å². The number of amides is 2. The van der Waals surface area contributed by atoms with E-state index >= 15 is 0 Å². The summed E-state index contributed by atoms with van der Waals surface area (Å²) in [6, 6.07) is 2.27. The minimum atomic E-state index is -0.946. The minimum absolute atomic E-state index is 0.0890. The zero-order valence-corrected chi connectivity index (χ0v) is 13.1. The second kappa shape index (κ2) is 9.35. The fourth-order valence-electron chi connectivity index (χ4n) is 2.22. The molecule has 0 saturated heterocycles. The van der Waals surface area contributed by atoms with Gasteiger partial charge in [0.2, 0.25) is 11.8 Å². The summed E-state index contributed by atoms with van der Waals surface area (Å²) in [6.07, 6.45) is 2.93. The Bertz CT molecular complexity index is 353. The Kier molecular flexibility index (Phi) is 8.62. The van der Waals surface area contributed by atoms with Gasteiger partial charge in [-0.05, 0) is 26.7 Å². The largest absolute Gasteiger partial charge is 0.354 e. The van der Waals surface area contributed by atoms with Crippen molar-refractivity contribution in [2.45, 2.75) is 65.8 Å². The normalized spacial score (nSPS) is 11.0. The van der Waals surface area contributed by atoms with Gasteiger partial charge in [-0.3, -0.25) is 9.59 Å². The molecule has 0 aliphatic rings. The molecule has 0 spiro atoms. The van der Waals surface area contributed by atoms with Crippen LogP contribution in [0.1, 0.15) is 59.8 Å². The molecule has 0 aromatic rings. The van der Waals surface area contributed by atoms with Gasteiger partial charge in [0.05, 0.1) is 6.07 Å². The van der Waals surface area contributed by atoms with Gasteiger partial charge in [-0.15, -0.1) is 0 Å². The van der Waals surface area contributed by atoms with Gasteiger partial charge in [0.25, 0.3) is 0 Å². The molecule has 0 saturated carbocycles. The van der Waals surface area contributed by atoms with Crippen LogP contribution in [0.2, 0.25) is 0 Å². The molecule has 0 heterocycles. The average molecular weight is 281 g/mol. The SMILES string of the molecule is CCCC(C#N)(CCC)C(=O)NCCC(=O)NC(C)C. The van der Waals surface area contributed by atoms with E-state index in [2.05, 4.69) is 16.7 Å². The Balaban J connectivity index is 4.41. The first kappa shape index (κ1) is 18.4. The van der Waals surface area contributed by atoms with Crippen molar-refractivity contribution < 1.29 is 9.59 Å². The van der Waals surface area contributed by atoms with Gasteiger partial charge < -0.3 is 10.6 Å². The monoisotopic (exact) mass is 281 g/mol. The molecular formula is C15H27N3O2. The highest BCUT2D eigenvalue weighted by atomic mass is 16.2. The summed E-state index contributed by atoms with van der Waals surface area (Å²) in [5.74, 6) is -0.338. The van der Waals surface area contributed by atoms with Gasteiger partial charge in [-0.2, -0.15) is 5.26 Å². The third-order valence-electron chi connectivity index (χ3n) is 3.09. The number of hydrogen-bond donors (Lipinski definition) is 2. The average Bonchev–Trinajstić information content (AvgIpc) is 2.37. The second-order valence-corrected chi connectivity index (χ2v) is 5.42. The van der Waals surface area contributed by atoms with Crippen LogP contribution in [0.5, 0.6) is 0 Å². The van der Waals surface area contributed by atoms with E-state index in [9.17, 15) is 14.9 Å². The maximum Gasteiger partial charge on any atom is 0.240 e. The summed E-state index contributed by atoms with van der Waals surface area (Å²) >= 11 is 0. The molecule has 5 nitrogen and oxygen atoms in total. The number of nitrogens with one attached hydrogen (secondary N) is 2. The third kappa shape index (κ3) is 6.05. The van der Waals surface area contributed by atoms with E-state index in [0.29, 0.717) is 12.8 Å². The van der Waals surface area contributed by atoms with Crippen molar-refractivity contribution in [1.82, 2.24) is 10.6 Å². The molecule has 0 aromatic carbocycles. The van der Waals surface area contributed by atoms with Crippen LogP contribution in [0.3, 0.4) is 0 Å². The van der Waals surface area contributed by atoms with Crippen LogP contribution in [-0.4, -0.2) is 24.4 Å². The van der Waals surface area contributed by atoms with Crippen molar-refractivity contribution in [2.75, 3.05) is 6.54 Å². The molecule has 0 fully saturated rings. The molecule has 5 heteroatoms. The predicted molar refractivity (Wildman–Crippen MR) is 78.8 cm³/mol. The van der Waals surface area contributed by atoms with E-state index in [4.69, 9.17) is 0 Å². The lowest BCUT2D eigenvalue weighted by Crippen LogP contribution is -2.42. The van der Waals surface area contributed by atoms with Gasteiger partial charge in [0.15, 0.2) is 0 Å². The molecule has 0 aromatic heterocycles. The smallest absolute Gasteiger partial charge is 0.240 e. The lowest BCUT2D eigenvalue weighted by atomic mass is 9.80. The third-order valence-corrected chi connectivity index (χ3v) is 3.09. The molecule has 2 amide bonds. The van der Waals surface area contributed by atoms with Gasteiger partial charge >= 0.3 is 0 Å². The molecule has 0 rings (SSSR count). The van der Waals surface area contributed by atoms with Crippen molar-refractivity contribution in [2.24, 2.45) is 5.41 Å². The fourth-order valence-corrected chi connectivity index (χ4v) is 2.22. The maximum atomic E-state index is 12.2. The van der Waals surface area contributed by atoms with Gasteiger partial charge in [-0.1, -0.05) is 26.7 Å². The number of carbonyl (C=O) groups is 2. The molecule has 0 atom stereocenters. The van der Waals surface area contributed by atoms with Crippen molar-refractivity contribution in [1.29, 1.82) is 5.26 Å². The quantitative estimate of drug-likeness (QED) is 0.679. The van der Waals surface area contributed by atoms with Gasteiger partial charge in [-0.25, -0.2) is 0 Å². The zero-order valence-electron chi connectivity index (χ0n) is 13.1. The maximum absolute atomic E-state index is 12.2. The van der Waals surface area contributed by atoms with Crippen LogP contribution in [0.25, 0.3) is 0 Å². The first-order chi connectivity index (χ1) is 9.41. The molecule has 114 valence electrons. The number of hydrogen-bond acceptors (Lipinski definition) is 3. The van der Waals surface area contributed by atoms with Crippen LogP contribution in [0.4, 0.5) is 0 Å². The minimum Gasteiger partial charge on any atom is -0.354 e. The van der Waals surface area contributed by atoms with E-state index in [1.807, 2.05) is 27.7 Å². The van der Waals surface area contributed by atoms with E-state index < -0.39 is 5.41 Å². The summed E-state index contributed by atoms with van der Waals surface area (Å²) in [7, 11) is 0. The molecule has 0 aliphatic carbocycles. The van der Waals surface area contributed by atoms with Crippen LogP contribution < -0.4 is 10.6 Å². The second-order valence-electron chi connectivity index (χ2n) is 5.42. The summed E-state index contributed by atoms with van der Waals surface area (Å²) in [4.78, 5) is 23.7. The number of nitriles is 1. The Morgan fingerprint density at radius 2 is 1.75 bits per heavy atom. The standard InChI is InChI=1S/C15H27N3O2/c1-5-8-15(11-16,9-6-2)14(20)17-10-7-13(19)18-12(3)4/h12H,5-10H2,1-4H3,(H,17,20)(H,18,19). The molecule has 0 radical (unpaired) electrons. The topological polar surface area (TPSA) is 82.0 Å². The van der Waals surface area contributed by atoms with Crippen LogP contribution in [0, 0.1) is 16.7 Å². The number of nitrogens with zero attached hydrogens (tertiary/aromatic N) is 1. The van der Waals surface area contributed by atoms with E-state index in [-0.39, 0.29) is 30.8 Å². The van der Waals surface area contributed by atoms with Crippen molar-refractivity contribution >= 4 is 11.8 Å². The Hall–Kier alpha value is -1.57. The summed E-state index contributed by atoms with van der Waals surface area (Å²) < 4.78 is 0. The summed E-state index contributed by atoms with van der Waals surface area (Å²) in [5, 5.41) is 14.8. The lowest BCUT2D eigenvalue weighted by Gasteiger charge is -2.24. The Labute approximate surface area is 122 Å². The van der Waals surface area contributed by atoms with Gasteiger partial charge in [0.1, 0.15) is 5.41 Å². The molecule has 20 heavy (non-hydrogen) atoms. The Morgan fingerprint density at radius 3 is 2.15 bits per heavy atom. The van der Waals surface area contributed by atoms with Crippen LogP contribution >= 0.6 is 0 Å². The first-order valence-corrected chi connectivity index (χ1v) is 7.40. The summed E-state index contributed by atoms with van der Waals surface area (Å²) in [6.45, 7) is 7.98. The molecule has 0 aliphatic heterocycles. The van der Waals surface area contributed by atoms with E-state index in [1.54, 1.807) is 0 Å². The number of carbonyl (C=O) groups excluding carboxylic acids is 2. The van der Waals surface area contributed by atoms with E-state index in [1.165, 1.54) is 0 Å². The van der Waals surface area contributed by atoms with Crippen LogP contribution in [-0.2, 0) is 9.59 Å². The molecular weight excluding hydrogens is 254 g/mol. The van der Waals surface area contributed by atoms with Crippen molar-refractivity contribution in [3.8, 4) is 6.07 Å². The highest BCUT2D eigenvalue weighted by molar-refractivity contribution is 5.86. The zero-order chi connectivity index (χ0) is 15.6. The molecule has 2 N–H and O–H groups in total. The number of rotatable bonds is 9. The molecule has 0 unspecified atom stereocenters. The predicted octanol–water partition coefficient (Wildman–Crippen LogP) is 2.13. The van der Waals surface area contributed by atoms with Gasteiger partial charge in [0, 0.05) is 19.0 Å². The van der Waals surface area contributed by atoms with Crippen molar-refractivity contribution in [3.63, 3.8) is 0 Å². The Morgan fingerprint density at radius 1 is 1.20 bits per heavy atom. The fraction of sp³-hybridized carbons (Fsp3) is 0.800. The highest BCUT2D eigenvalue weighted by Gasteiger charge is 2.36. The molecule has 0 bridgehead atoms. The first-order valence-electron chi connectivity index (χ1n) is 7.40. The highest BCUT2D eigenvalue weighted by Crippen LogP contribution is 2.29.